The molecule has 138 valence electrons. The first-order valence-electron chi connectivity index (χ1n) is 8.98. The van der Waals surface area contributed by atoms with E-state index in [9.17, 15) is 9.59 Å². The Balaban J connectivity index is 2.06. The van der Waals surface area contributed by atoms with Gasteiger partial charge in [-0.15, -0.1) is 0 Å². The molecule has 0 saturated carbocycles. The van der Waals surface area contributed by atoms with E-state index in [1.165, 1.54) is 23.0 Å². The molecule has 0 bridgehead atoms. The Bertz CT molecular complexity index is 756. The Hall–Kier alpha value is -2.62. The third-order valence-electron chi connectivity index (χ3n) is 4.37. The number of hydrogen-bond acceptors (Lipinski definition) is 2. The van der Waals surface area contributed by atoms with E-state index in [4.69, 9.17) is 0 Å². The van der Waals surface area contributed by atoms with Crippen LogP contribution in [0.1, 0.15) is 45.7 Å². The average molecular weight is 352 g/mol. The molecule has 4 heteroatoms. The highest BCUT2D eigenvalue weighted by atomic mass is 16.2. The van der Waals surface area contributed by atoms with E-state index in [1.807, 2.05) is 48.5 Å². The van der Waals surface area contributed by atoms with Crippen molar-refractivity contribution in [3.05, 3.63) is 59.7 Å². The minimum absolute atomic E-state index is 0.0121. The quantitative estimate of drug-likeness (QED) is 0.859. The molecule has 26 heavy (non-hydrogen) atoms. The maximum atomic E-state index is 12.4. The highest BCUT2D eigenvalue weighted by molar-refractivity contribution is 6.01. The van der Waals surface area contributed by atoms with E-state index in [-0.39, 0.29) is 23.8 Å². The molecule has 0 aliphatic heterocycles. The van der Waals surface area contributed by atoms with Gasteiger partial charge in [-0.25, -0.2) is 0 Å². The molecule has 0 aromatic heterocycles. The number of amides is 2. The van der Waals surface area contributed by atoms with E-state index < -0.39 is 0 Å². The number of anilines is 2. The van der Waals surface area contributed by atoms with Gasteiger partial charge >= 0.3 is 0 Å². The van der Waals surface area contributed by atoms with Crippen LogP contribution in [0.4, 0.5) is 11.4 Å². The molecular weight excluding hydrogens is 324 g/mol. The number of aryl methyl sites for hydroxylation is 1. The van der Waals surface area contributed by atoms with E-state index in [2.05, 4.69) is 33.0 Å². The highest BCUT2D eigenvalue weighted by Gasteiger charge is 2.17. The second kappa shape index (κ2) is 8.17. The van der Waals surface area contributed by atoms with E-state index in [0.717, 1.165) is 17.8 Å². The monoisotopic (exact) mass is 352 g/mol. The zero-order valence-electron chi connectivity index (χ0n) is 16.3. The van der Waals surface area contributed by atoms with Gasteiger partial charge in [0.25, 0.3) is 0 Å². The van der Waals surface area contributed by atoms with E-state index in [0.29, 0.717) is 0 Å². The molecule has 1 N–H and O–H groups in total. The van der Waals surface area contributed by atoms with Gasteiger partial charge in [-0.3, -0.25) is 9.59 Å². The molecule has 2 rings (SSSR count). The summed E-state index contributed by atoms with van der Waals surface area (Å²) < 4.78 is 0. The summed E-state index contributed by atoms with van der Waals surface area (Å²) in [5.41, 5.74) is 3.93. The van der Waals surface area contributed by atoms with E-state index >= 15 is 0 Å². The SMILES string of the molecule is CCc1ccc(N(CC(=O)Nc2ccc(C(C)(C)C)cc2)C(C)=O)cc1. The van der Waals surface area contributed by atoms with Crippen LogP contribution in [0, 0.1) is 0 Å². The van der Waals surface area contributed by atoms with Crippen molar-refractivity contribution in [3.63, 3.8) is 0 Å². The predicted octanol–water partition coefficient (Wildman–Crippen LogP) is 4.54. The fourth-order valence-electron chi connectivity index (χ4n) is 2.69. The summed E-state index contributed by atoms with van der Waals surface area (Å²) in [6.45, 7) is 9.98. The van der Waals surface area contributed by atoms with Gasteiger partial charge in [0, 0.05) is 18.3 Å². The minimum Gasteiger partial charge on any atom is -0.325 e. The highest BCUT2D eigenvalue weighted by Crippen LogP contribution is 2.23. The van der Waals surface area contributed by atoms with Gasteiger partial charge in [-0.05, 0) is 47.2 Å². The molecule has 0 unspecified atom stereocenters. The third kappa shape index (κ3) is 5.19. The average Bonchev–Trinajstić information content (AvgIpc) is 2.59. The van der Waals surface area contributed by atoms with Gasteiger partial charge < -0.3 is 10.2 Å². The lowest BCUT2D eigenvalue weighted by molar-refractivity contribution is -0.120. The Morgan fingerprint density at radius 3 is 2.00 bits per heavy atom. The molecule has 2 aromatic rings. The Kier molecular flexibility index (Phi) is 6.19. The lowest BCUT2D eigenvalue weighted by atomic mass is 9.87. The lowest BCUT2D eigenvalue weighted by Gasteiger charge is -2.21. The maximum Gasteiger partial charge on any atom is 0.244 e. The largest absolute Gasteiger partial charge is 0.325 e. The molecular formula is C22H28N2O2. The number of carbonyl (C=O) groups excluding carboxylic acids is 2. The summed E-state index contributed by atoms with van der Waals surface area (Å²) in [6.07, 6.45) is 0.936. The predicted molar refractivity (Wildman–Crippen MR) is 108 cm³/mol. The van der Waals surface area contributed by atoms with Crippen LogP contribution in [-0.2, 0) is 21.4 Å². The van der Waals surface area contributed by atoms with Crippen molar-refractivity contribution in [3.8, 4) is 0 Å². The van der Waals surface area contributed by atoms with Gasteiger partial charge in [-0.2, -0.15) is 0 Å². The standard InChI is InChI=1S/C22H28N2O2/c1-6-17-7-13-20(14-8-17)24(16(2)25)15-21(26)23-19-11-9-18(10-12-19)22(3,4)5/h7-14H,6,15H2,1-5H3,(H,23,26). The summed E-state index contributed by atoms with van der Waals surface area (Å²) >= 11 is 0. The molecule has 0 spiro atoms. The van der Waals surface area contributed by atoms with Crippen molar-refractivity contribution in [1.29, 1.82) is 0 Å². The van der Waals surface area contributed by atoms with Crippen molar-refractivity contribution < 1.29 is 9.59 Å². The van der Waals surface area contributed by atoms with Gasteiger partial charge in [-0.1, -0.05) is 52.0 Å². The number of benzene rings is 2. The van der Waals surface area contributed by atoms with Gasteiger partial charge in [0.2, 0.25) is 11.8 Å². The number of nitrogens with zero attached hydrogens (tertiary/aromatic N) is 1. The normalized spacial score (nSPS) is 11.1. The number of nitrogens with one attached hydrogen (secondary N) is 1. The number of carbonyl (C=O) groups is 2. The van der Waals surface area contributed by atoms with E-state index in [1.54, 1.807) is 0 Å². The summed E-state index contributed by atoms with van der Waals surface area (Å²) in [6, 6.07) is 15.5. The zero-order valence-corrected chi connectivity index (χ0v) is 16.3. The molecule has 0 fully saturated rings. The Morgan fingerprint density at radius 1 is 0.962 bits per heavy atom. The van der Waals surface area contributed by atoms with Crippen molar-refractivity contribution in [2.75, 3.05) is 16.8 Å². The van der Waals surface area contributed by atoms with Crippen LogP contribution in [0.5, 0.6) is 0 Å². The molecule has 0 radical (unpaired) electrons. The van der Waals surface area contributed by atoms with Gasteiger partial charge in [0.05, 0.1) is 0 Å². The van der Waals surface area contributed by atoms with Crippen molar-refractivity contribution in [1.82, 2.24) is 0 Å². The lowest BCUT2D eigenvalue weighted by Crippen LogP contribution is -2.36. The molecule has 0 aliphatic rings. The summed E-state index contributed by atoms with van der Waals surface area (Å²) in [5.74, 6) is -0.379. The molecule has 2 amide bonds. The first-order chi connectivity index (χ1) is 12.2. The van der Waals surface area contributed by atoms with Crippen molar-refractivity contribution in [2.45, 2.75) is 46.5 Å². The van der Waals surface area contributed by atoms with Crippen LogP contribution in [-0.4, -0.2) is 18.4 Å². The van der Waals surface area contributed by atoms with Gasteiger partial charge in [0.1, 0.15) is 6.54 Å². The third-order valence-corrected chi connectivity index (χ3v) is 4.37. The zero-order chi connectivity index (χ0) is 19.3. The van der Waals surface area contributed by atoms with Gasteiger partial charge in [0.15, 0.2) is 0 Å². The second-order valence-corrected chi connectivity index (χ2v) is 7.50. The van der Waals surface area contributed by atoms with Crippen molar-refractivity contribution in [2.24, 2.45) is 0 Å². The Morgan fingerprint density at radius 2 is 1.54 bits per heavy atom. The molecule has 0 saturated heterocycles. The van der Waals surface area contributed by atoms with Crippen LogP contribution < -0.4 is 10.2 Å². The Labute approximate surface area is 156 Å². The number of hydrogen-bond donors (Lipinski definition) is 1. The molecule has 4 nitrogen and oxygen atoms in total. The smallest absolute Gasteiger partial charge is 0.244 e. The van der Waals surface area contributed by atoms with Crippen LogP contribution in [0.15, 0.2) is 48.5 Å². The first-order valence-corrected chi connectivity index (χ1v) is 8.98. The van der Waals surface area contributed by atoms with Crippen LogP contribution >= 0.6 is 0 Å². The topological polar surface area (TPSA) is 49.4 Å². The summed E-state index contributed by atoms with van der Waals surface area (Å²) in [5, 5.41) is 2.87. The maximum absolute atomic E-state index is 12.4. The fraction of sp³-hybridized carbons (Fsp3) is 0.364. The second-order valence-electron chi connectivity index (χ2n) is 7.50. The molecule has 0 heterocycles. The molecule has 2 aromatic carbocycles. The number of rotatable bonds is 5. The van der Waals surface area contributed by atoms with Crippen molar-refractivity contribution >= 4 is 23.2 Å². The first kappa shape index (κ1) is 19.7. The fourth-order valence-corrected chi connectivity index (χ4v) is 2.69. The molecule has 0 aliphatic carbocycles. The van der Waals surface area contributed by atoms with Crippen LogP contribution in [0.25, 0.3) is 0 Å². The van der Waals surface area contributed by atoms with Crippen LogP contribution in [0.2, 0.25) is 0 Å². The summed E-state index contributed by atoms with van der Waals surface area (Å²) in [4.78, 5) is 25.9. The van der Waals surface area contributed by atoms with Crippen LogP contribution in [0.3, 0.4) is 0 Å². The summed E-state index contributed by atoms with van der Waals surface area (Å²) in [7, 11) is 0. The molecule has 0 atom stereocenters. The minimum atomic E-state index is -0.219.